The number of hydrogen-bond donors (Lipinski definition) is 0. The zero-order valence-electron chi connectivity index (χ0n) is 9.46. The molecule has 0 saturated carbocycles. The predicted octanol–water partition coefficient (Wildman–Crippen LogP) is 2.78. The van der Waals surface area contributed by atoms with Crippen LogP contribution in [-0.2, 0) is 6.42 Å². The van der Waals surface area contributed by atoms with E-state index in [1.165, 1.54) is 11.3 Å². The summed E-state index contributed by atoms with van der Waals surface area (Å²) in [6.45, 7) is 3.02. The number of benzene rings is 1. The molecular formula is C12H14ClNOSn. The third-order valence-corrected chi connectivity index (χ3v) is 2.83. The Kier molecular flexibility index (Phi) is 4.99. The van der Waals surface area contributed by atoms with Crippen LogP contribution in [0, 0.1) is 0 Å². The Balaban J connectivity index is 0.00000128. The summed E-state index contributed by atoms with van der Waals surface area (Å²) in [6.07, 6.45) is 2.81. The first-order valence-electron chi connectivity index (χ1n) is 5.04. The van der Waals surface area contributed by atoms with Crippen molar-refractivity contribution in [2.45, 2.75) is 13.3 Å². The van der Waals surface area contributed by atoms with Crippen molar-refractivity contribution in [3.05, 3.63) is 35.0 Å². The summed E-state index contributed by atoms with van der Waals surface area (Å²) < 4.78 is 5.22. The minimum absolute atomic E-state index is 0. The molecule has 0 amide bonds. The Labute approximate surface area is 118 Å². The molecule has 4 heteroatoms. The molecule has 2 rings (SSSR count). The number of allylic oxidation sites excluding steroid dienone is 1. The first kappa shape index (κ1) is 13.7. The van der Waals surface area contributed by atoms with E-state index in [1.807, 2.05) is 12.3 Å². The van der Waals surface area contributed by atoms with E-state index in [9.17, 15) is 0 Å². The van der Waals surface area contributed by atoms with Crippen LogP contribution >= 0.6 is 11.6 Å². The molecule has 0 fully saturated rings. The molecule has 2 nitrogen and oxygen atoms in total. The Morgan fingerprint density at radius 2 is 2.19 bits per heavy atom. The van der Waals surface area contributed by atoms with Crippen molar-refractivity contribution in [3.8, 4) is 5.75 Å². The summed E-state index contributed by atoms with van der Waals surface area (Å²) in [5.41, 5.74) is 2.45. The molecule has 1 aromatic carbocycles. The predicted molar refractivity (Wildman–Crippen MR) is 69.4 cm³/mol. The number of fused-ring (bicyclic) bond motifs is 1. The van der Waals surface area contributed by atoms with E-state index in [-0.39, 0.29) is 23.9 Å². The maximum absolute atomic E-state index is 6.08. The van der Waals surface area contributed by atoms with Gasteiger partial charge >= 0.3 is 0 Å². The Hall–Kier alpha value is -0.351. The zero-order valence-corrected chi connectivity index (χ0v) is 13.1. The van der Waals surface area contributed by atoms with Crippen molar-refractivity contribution >= 4 is 41.2 Å². The van der Waals surface area contributed by atoms with Gasteiger partial charge in [-0.15, -0.1) is 0 Å². The summed E-state index contributed by atoms with van der Waals surface area (Å²) in [4.78, 5) is 2.14. The SMILES string of the molecule is CCN1C=C(Cl)Cc2ccc(OC)cc21.[Sn]. The van der Waals surface area contributed by atoms with Crippen molar-refractivity contribution in [3.63, 3.8) is 0 Å². The van der Waals surface area contributed by atoms with Crippen molar-refractivity contribution in [1.29, 1.82) is 0 Å². The Morgan fingerprint density at radius 1 is 1.44 bits per heavy atom. The molecular weight excluding hydrogens is 328 g/mol. The van der Waals surface area contributed by atoms with Gasteiger partial charge in [-0.3, -0.25) is 0 Å². The van der Waals surface area contributed by atoms with Gasteiger partial charge < -0.3 is 9.64 Å². The minimum Gasteiger partial charge on any atom is -0.497 e. The number of rotatable bonds is 2. The monoisotopic (exact) mass is 343 g/mol. The van der Waals surface area contributed by atoms with E-state index < -0.39 is 0 Å². The molecule has 1 heterocycles. The van der Waals surface area contributed by atoms with Gasteiger partial charge in [-0.2, -0.15) is 0 Å². The number of halogens is 1. The number of anilines is 1. The fourth-order valence-corrected chi connectivity index (χ4v) is 2.08. The zero-order chi connectivity index (χ0) is 10.8. The first-order chi connectivity index (χ1) is 7.24. The van der Waals surface area contributed by atoms with Crippen LogP contribution in [-0.4, -0.2) is 37.6 Å². The molecule has 0 spiro atoms. The van der Waals surface area contributed by atoms with Crippen LogP contribution in [0.25, 0.3) is 0 Å². The van der Waals surface area contributed by atoms with Crippen LogP contribution in [0.3, 0.4) is 0 Å². The molecule has 0 atom stereocenters. The molecule has 84 valence electrons. The fraction of sp³-hybridized carbons (Fsp3) is 0.333. The second-order valence-electron chi connectivity index (χ2n) is 3.53. The van der Waals surface area contributed by atoms with Crippen LogP contribution in [0.15, 0.2) is 29.4 Å². The number of hydrogen-bond acceptors (Lipinski definition) is 2. The van der Waals surface area contributed by atoms with E-state index in [2.05, 4.69) is 24.0 Å². The topological polar surface area (TPSA) is 12.5 Å². The van der Waals surface area contributed by atoms with Crippen LogP contribution in [0.2, 0.25) is 0 Å². The maximum Gasteiger partial charge on any atom is 0.120 e. The summed E-state index contributed by atoms with van der Waals surface area (Å²) in [5, 5.41) is 0.884. The van der Waals surface area contributed by atoms with Crippen LogP contribution in [0.5, 0.6) is 5.75 Å². The van der Waals surface area contributed by atoms with Gasteiger partial charge in [0.1, 0.15) is 5.75 Å². The smallest absolute Gasteiger partial charge is 0.120 e. The van der Waals surface area contributed by atoms with Crippen LogP contribution < -0.4 is 9.64 Å². The fourth-order valence-electron chi connectivity index (χ4n) is 1.82. The standard InChI is InChI=1S/C12H14ClNO.Sn/c1-3-14-8-10(13)6-9-4-5-11(15-2)7-12(9)14;/h4-5,7-8H,3,6H2,1-2H3;. The second-order valence-corrected chi connectivity index (χ2v) is 4.02. The summed E-state index contributed by atoms with van der Waals surface area (Å²) in [7, 11) is 1.68. The molecule has 0 N–H and O–H groups in total. The third-order valence-electron chi connectivity index (χ3n) is 2.60. The normalized spacial score (nSPS) is 13.7. The molecule has 0 saturated heterocycles. The number of nitrogens with zero attached hydrogens (tertiary/aromatic N) is 1. The van der Waals surface area contributed by atoms with Gasteiger partial charge in [0.25, 0.3) is 0 Å². The average Bonchev–Trinajstić information content (AvgIpc) is 2.27. The molecule has 4 radical (unpaired) electrons. The Morgan fingerprint density at radius 3 is 2.81 bits per heavy atom. The molecule has 0 bridgehead atoms. The van der Waals surface area contributed by atoms with E-state index in [4.69, 9.17) is 16.3 Å². The average molecular weight is 342 g/mol. The summed E-state index contributed by atoms with van der Waals surface area (Å²) in [6, 6.07) is 6.10. The molecule has 1 aliphatic rings. The van der Waals surface area contributed by atoms with Gasteiger partial charge in [-0.25, -0.2) is 0 Å². The van der Waals surface area contributed by atoms with Gasteiger partial charge in [0, 0.05) is 59.9 Å². The number of methoxy groups -OCH3 is 1. The molecule has 0 unspecified atom stereocenters. The first-order valence-corrected chi connectivity index (χ1v) is 5.42. The Bertz CT molecular complexity index is 406. The van der Waals surface area contributed by atoms with Crippen molar-refractivity contribution in [2.75, 3.05) is 18.6 Å². The molecule has 0 aliphatic carbocycles. The van der Waals surface area contributed by atoms with Gasteiger partial charge in [0.15, 0.2) is 0 Å². The quantitative estimate of drug-likeness (QED) is 0.767. The van der Waals surface area contributed by atoms with Gasteiger partial charge in [0.05, 0.1) is 7.11 Å². The second kappa shape index (κ2) is 5.82. The van der Waals surface area contributed by atoms with Gasteiger partial charge in [-0.1, -0.05) is 17.7 Å². The van der Waals surface area contributed by atoms with Crippen LogP contribution in [0.4, 0.5) is 5.69 Å². The van der Waals surface area contributed by atoms with E-state index in [0.29, 0.717) is 0 Å². The summed E-state index contributed by atoms with van der Waals surface area (Å²) in [5.74, 6) is 0.888. The summed E-state index contributed by atoms with van der Waals surface area (Å²) >= 11 is 6.08. The van der Waals surface area contributed by atoms with E-state index in [0.717, 1.165) is 23.7 Å². The third kappa shape index (κ3) is 2.66. The van der Waals surface area contributed by atoms with Crippen LogP contribution in [0.1, 0.15) is 12.5 Å². The van der Waals surface area contributed by atoms with Crippen molar-refractivity contribution < 1.29 is 4.74 Å². The van der Waals surface area contributed by atoms with Gasteiger partial charge in [-0.05, 0) is 18.6 Å². The van der Waals surface area contributed by atoms with E-state index in [1.54, 1.807) is 7.11 Å². The van der Waals surface area contributed by atoms with Crippen molar-refractivity contribution in [2.24, 2.45) is 0 Å². The largest absolute Gasteiger partial charge is 0.497 e. The molecule has 16 heavy (non-hydrogen) atoms. The minimum atomic E-state index is 0. The number of ether oxygens (including phenoxy) is 1. The molecule has 0 aromatic heterocycles. The molecule has 1 aliphatic heterocycles. The van der Waals surface area contributed by atoms with E-state index >= 15 is 0 Å². The molecule has 1 aromatic rings. The maximum atomic E-state index is 6.08. The van der Waals surface area contributed by atoms with Gasteiger partial charge in [0.2, 0.25) is 0 Å². The van der Waals surface area contributed by atoms with Crippen molar-refractivity contribution in [1.82, 2.24) is 0 Å².